The first-order chi connectivity index (χ1) is 5.54. The molecule has 0 aromatic carbocycles. The van der Waals surface area contributed by atoms with E-state index >= 15 is 0 Å². The molecule has 1 aliphatic carbocycles. The van der Waals surface area contributed by atoms with Gasteiger partial charge in [0.25, 0.3) is 0 Å². The van der Waals surface area contributed by atoms with E-state index in [0.717, 1.165) is 17.4 Å². The minimum Gasteiger partial charge on any atom is -0.384 e. The molecule has 1 saturated carbocycles. The van der Waals surface area contributed by atoms with Gasteiger partial charge in [-0.25, -0.2) is 0 Å². The number of aromatic nitrogens is 2. The van der Waals surface area contributed by atoms with Gasteiger partial charge in [-0.1, -0.05) is 13.8 Å². The Morgan fingerprint density at radius 1 is 1.75 bits per heavy atom. The second kappa shape index (κ2) is 2.03. The van der Waals surface area contributed by atoms with E-state index < -0.39 is 0 Å². The van der Waals surface area contributed by atoms with Crippen molar-refractivity contribution >= 4 is 5.82 Å². The molecule has 66 valence electrons. The summed E-state index contributed by atoms with van der Waals surface area (Å²) in [7, 11) is 1.88. The lowest BCUT2D eigenvalue weighted by molar-refractivity contribution is 0.643. The molecule has 0 saturated heterocycles. The quantitative estimate of drug-likeness (QED) is 0.681. The highest BCUT2D eigenvalue weighted by Crippen LogP contribution is 2.53. The summed E-state index contributed by atoms with van der Waals surface area (Å²) in [5.74, 6) is 1.51. The van der Waals surface area contributed by atoms with Gasteiger partial charge in [0, 0.05) is 18.5 Å². The fourth-order valence-electron chi connectivity index (χ4n) is 1.69. The van der Waals surface area contributed by atoms with E-state index in [1.54, 1.807) is 4.68 Å². The lowest BCUT2D eigenvalue weighted by Crippen LogP contribution is -2.05. The third-order valence-corrected chi connectivity index (χ3v) is 3.16. The van der Waals surface area contributed by atoms with E-state index in [1.165, 1.54) is 6.42 Å². The topological polar surface area (TPSA) is 43.8 Å². The molecular formula is C9H15N3. The summed E-state index contributed by atoms with van der Waals surface area (Å²) in [6.07, 6.45) is 1.24. The molecule has 1 aromatic rings. The zero-order chi connectivity index (χ0) is 8.93. The smallest absolute Gasteiger partial charge is 0.121 e. The van der Waals surface area contributed by atoms with Crippen molar-refractivity contribution in [1.29, 1.82) is 0 Å². The van der Waals surface area contributed by atoms with Crippen molar-refractivity contribution < 1.29 is 0 Å². The molecule has 3 nitrogen and oxygen atoms in total. The SMILES string of the molecule is CC1CC1(C)c1cc(N)n(C)n1. The molecular weight excluding hydrogens is 150 g/mol. The van der Waals surface area contributed by atoms with E-state index in [2.05, 4.69) is 18.9 Å². The van der Waals surface area contributed by atoms with Crippen molar-refractivity contribution in [2.75, 3.05) is 5.73 Å². The summed E-state index contributed by atoms with van der Waals surface area (Å²) >= 11 is 0. The van der Waals surface area contributed by atoms with Crippen molar-refractivity contribution in [3.05, 3.63) is 11.8 Å². The van der Waals surface area contributed by atoms with E-state index in [0.29, 0.717) is 5.41 Å². The monoisotopic (exact) mass is 165 g/mol. The maximum absolute atomic E-state index is 5.71. The van der Waals surface area contributed by atoms with Crippen LogP contribution in [-0.4, -0.2) is 9.78 Å². The highest BCUT2D eigenvalue weighted by Gasteiger charge is 2.49. The van der Waals surface area contributed by atoms with Gasteiger partial charge in [0.1, 0.15) is 5.82 Å². The molecule has 2 rings (SSSR count). The Morgan fingerprint density at radius 3 is 2.67 bits per heavy atom. The Labute approximate surface area is 72.6 Å². The molecule has 0 amide bonds. The van der Waals surface area contributed by atoms with Crippen molar-refractivity contribution in [2.24, 2.45) is 13.0 Å². The largest absolute Gasteiger partial charge is 0.384 e. The molecule has 0 aliphatic heterocycles. The summed E-state index contributed by atoms with van der Waals surface area (Å²) in [5, 5.41) is 4.39. The second-order valence-corrected chi connectivity index (χ2v) is 4.10. The summed E-state index contributed by atoms with van der Waals surface area (Å²) in [4.78, 5) is 0. The van der Waals surface area contributed by atoms with Gasteiger partial charge in [0.2, 0.25) is 0 Å². The van der Waals surface area contributed by atoms with Gasteiger partial charge in [-0.15, -0.1) is 0 Å². The number of nitrogen functional groups attached to an aromatic ring is 1. The van der Waals surface area contributed by atoms with Crippen LogP contribution in [0.2, 0.25) is 0 Å². The molecule has 2 N–H and O–H groups in total. The van der Waals surface area contributed by atoms with E-state index in [4.69, 9.17) is 5.73 Å². The number of hydrogen-bond donors (Lipinski definition) is 1. The third kappa shape index (κ3) is 0.854. The molecule has 1 fully saturated rings. The lowest BCUT2D eigenvalue weighted by atomic mass is 10.0. The molecule has 1 aliphatic rings. The second-order valence-electron chi connectivity index (χ2n) is 4.10. The number of nitrogens with two attached hydrogens (primary N) is 1. The Kier molecular flexibility index (Phi) is 1.29. The van der Waals surface area contributed by atoms with Crippen LogP contribution in [0.25, 0.3) is 0 Å². The summed E-state index contributed by atoms with van der Waals surface area (Å²) < 4.78 is 1.74. The molecule has 2 atom stereocenters. The minimum atomic E-state index is 0.301. The van der Waals surface area contributed by atoms with Crippen LogP contribution in [0.3, 0.4) is 0 Å². The van der Waals surface area contributed by atoms with E-state index in [9.17, 15) is 0 Å². The standard InChI is InChI=1S/C9H15N3/c1-6-5-9(6,2)7-4-8(10)12(3)11-7/h4,6H,5,10H2,1-3H3. The first kappa shape index (κ1) is 7.65. The molecule has 12 heavy (non-hydrogen) atoms. The molecule has 1 aromatic heterocycles. The average Bonchev–Trinajstić information content (AvgIpc) is 2.44. The highest BCUT2D eigenvalue weighted by molar-refractivity contribution is 5.37. The highest BCUT2D eigenvalue weighted by atomic mass is 15.3. The van der Waals surface area contributed by atoms with Crippen LogP contribution in [0.15, 0.2) is 6.07 Å². The number of hydrogen-bond acceptors (Lipinski definition) is 2. The molecule has 2 unspecified atom stereocenters. The van der Waals surface area contributed by atoms with Gasteiger partial charge in [0.05, 0.1) is 5.69 Å². The zero-order valence-corrected chi connectivity index (χ0v) is 7.83. The Balaban J connectivity index is 2.36. The van der Waals surface area contributed by atoms with E-state index in [1.807, 2.05) is 13.1 Å². The maximum atomic E-state index is 5.71. The molecule has 1 heterocycles. The van der Waals surface area contributed by atoms with Gasteiger partial charge >= 0.3 is 0 Å². The van der Waals surface area contributed by atoms with Crippen molar-refractivity contribution in [2.45, 2.75) is 25.7 Å². The summed E-state index contributed by atoms with van der Waals surface area (Å²) in [6.45, 7) is 4.50. The van der Waals surface area contributed by atoms with Gasteiger partial charge in [0.15, 0.2) is 0 Å². The van der Waals surface area contributed by atoms with Crippen LogP contribution in [0.5, 0.6) is 0 Å². The fourth-order valence-corrected chi connectivity index (χ4v) is 1.69. The normalized spacial score (nSPS) is 33.8. The van der Waals surface area contributed by atoms with Crippen LogP contribution < -0.4 is 5.73 Å². The van der Waals surface area contributed by atoms with Crippen molar-refractivity contribution in [3.63, 3.8) is 0 Å². The first-order valence-corrected chi connectivity index (χ1v) is 4.34. The summed E-state index contributed by atoms with van der Waals surface area (Å²) in [5.41, 5.74) is 7.16. The van der Waals surface area contributed by atoms with Gasteiger partial charge in [-0.05, 0) is 12.3 Å². The predicted molar refractivity (Wildman–Crippen MR) is 48.8 cm³/mol. The fraction of sp³-hybridized carbons (Fsp3) is 0.667. The molecule has 0 spiro atoms. The minimum absolute atomic E-state index is 0.301. The van der Waals surface area contributed by atoms with Crippen molar-refractivity contribution in [3.8, 4) is 0 Å². The third-order valence-electron chi connectivity index (χ3n) is 3.16. The van der Waals surface area contributed by atoms with Crippen LogP contribution in [0.1, 0.15) is 26.0 Å². The average molecular weight is 165 g/mol. The Bertz CT molecular complexity index is 296. The maximum Gasteiger partial charge on any atom is 0.121 e. The summed E-state index contributed by atoms with van der Waals surface area (Å²) in [6, 6.07) is 1.99. The van der Waals surface area contributed by atoms with Gasteiger partial charge in [-0.3, -0.25) is 4.68 Å². The Morgan fingerprint density at radius 2 is 2.33 bits per heavy atom. The van der Waals surface area contributed by atoms with Crippen molar-refractivity contribution in [1.82, 2.24) is 9.78 Å². The molecule has 3 heteroatoms. The molecule has 0 radical (unpaired) electrons. The van der Waals surface area contributed by atoms with Gasteiger partial charge < -0.3 is 5.73 Å². The zero-order valence-electron chi connectivity index (χ0n) is 7.83. The number of rotatable bonds is 1. The lowest BCUT2D eigenvalue weighted by Gasteiger charge is -2.03. The first-order valence-electron chi connectivity index (χ1n) is 4.34. The van der Waals surface area contributed by atoms with Crippen LogP contribution in [0.4, 0.5) is 5.82 Å². The Hall–Kier alpha value is -0.990. The molecule has 0 bridgehead atoms. The van der Waals surface area contributed by atoms with Crippen LogP contribution in [-0.2, 0) is 12.5 Å². The number of nitrogens with zero attached hydrogens (tertiary/aromatic N) is 2. The predicted octanol–water partition coefficient (Wildman–Crippen LogP) is 1.30. The van der Waals surface area contributed by atoms with Gasteiger partial charge in [-0.2, -0.15) is 5.10 Å². The number of anilines is 1. The van der Waals surface area contributed by atoms with Crippen LogP contribution >= 0.6 is 0 Å². The van der Waals surface area contributed by atoms with Crippen LogP contribution in [0, 0.1) is 5.92 Å². The number of aryl methyl sites for hydroxylation is 1. The van der Waals surface area contributed by atoms with E-state index in [-0.39, 0.29) is 0 Å².